The lowest BCUT2D eigenvalue weighted by Gasteiger charge is -2.35. The number of hydrogen-bond acceptors (Lipinski definition) is 20. The Balaban J connectivity index is 0.000000475. The number of aliphatic hydroxyl groups excluding tert-OH is 1. The number of carbonyl (C=O) groups excluding carboxylic acids is 1. The molecule has 2 atom stereocenters. The van der Waals surface area contributed by atoms with Crippen molar-refractivity contribution in [3.8, 4) is 23.3 Å². The van der Waals surface area contributed by atoms with Crippen molar-refractivity contribution in [1.29, 1.82) is 0 Å². The quantitative estimate of drug-likeness (QED) is 0.0298. The highest BCUT2D eigenvalue weighted by Crippen LogP contribution is 2.48. The monoisotopic (exact) mass is 1140 g/mol. The van der Waals surface area contributed by atoms with Crippen molar-refractivity contribution in [3.63, 3.8) is 0 Å². The molecule has 31 heteroatoms. The number of rotatable bonds is 17. The first-order valence-electron chi connectivity index (χ1n) is 21.4. The number of oxime groups is 1. The van der Waals surface area contributed by atoms with Crippen LogP contribution < -0.4 is 15.4 Å². The van der Waals surface area contributed by atoms with Crippen LogP contribution in [0.5, 0.6) is 23.3 Å². The summed E-state index contributed by atoms with van der Waals surface area (Å²) in [5.41, 5.74) is -9.12. The predicted molar refractivity (Wildman–Crippen MR) is 266 cm³/mol. The van der Waals surface area contributed by atoms with Gasteiger partial charge in [0.15, 0.2) is 17.5 Å². The maximum Gasteiger partial charge on any atom is 0.323 e. The molecular weight excluding hydrogens is 1090 g/mol. The van der Waals surface area contributed by atoms with Gasteiger partial charge in [0.25, 0.3) is 0 Å². The summed E-state index contributed by atoms with van der Waals surface area (Å²) in [5.74, 6) is -8.49. The minimum absolute atomic E-state index is 0. The van der Waals surface area contributed by atoms with Crippen molar-refractivity contribution >= 4 is 24.9 Å². The van der Waals surface area contributed by atoms with Gasteiger partial charge < -0.3 is 34.5 Å². The number of alkyl halides is 4. The minimum Gasteiger partial charge on any atom is -0.437 e. The van der Waals surface area contributed by atoms with Crippen LogP contribution in [0, 0.1) is 23.3 Å². The van der Waals surface area contributed by atoms with Crippen LogP contribution in [0.4, 0.5) is 35.1 Å². The van der Waals surface area contributed by atoms with Gasteiger partial charge in [0.05, 0.1) is 38.8 Å². The molecule has 8 aromatic rings. The van der Waals surface area contributed by atoms with Crippen molar-refractivity contribution in [2.75, 3.05) is 20.8 Å². The molecule has 0 radical (unpaired) electrons. The number of nitrogens with zero attached hydrogens (tertiary/aromatic N) is 13. The van der Waals surface area contributed by atoms with Crippen molar-refractivity contribution in [2.45, 2.75) is 57.9 Å². The van der Waals surface area contributed by atoms with Gasteiger partial charge in [-0.15, -0.1) is 22.6 Å². The smallest absolute Gasteiger partial charge is 0.323 e. The SMILES string of the molecule is C.C.CCO.CO/N=C/c1ccc(Oc2ccc(C(F)(F)C(O)(Cn3cnnn3)c3ccc(F)cc3F)nc2)nc1.CON.Cl.O=Cc1ccc(Oc2ccc(C(F)(F)C(O)(Cn3cnnn3)c3ccc(F)cc3F)nc2)nc1. The zero-order chi connectivity index (χ0) is 55.5. The number of ether oxygens (including phenoxy) is 2. The lowest BCUT2D eigenvalue weighted by atomic mass is 9.84. The number of aliphatic hydroxyl groups is 3. The minimum atomic E-state index is -4.19. The third-order valence-electron chi connectivity index (χ3n) is 9.88. The van der Waals surface area contributed by atoms with Crippen LogP contribution >= 0.6 is 12.4 Å². The van der Waals surface area contributed by atoms with E-state index in [9.17, 15) is 32.6 Å². The zero-order valence-corrected chi connectivity index (χ0v) is 40.8. The molecule has 0 fully saturated rings. The Morgan fingerprint density at radius 3 is 1.34 bits per heavy atom. The highest BCUT2D eigenvalue weighted by atomic mass is 35.5. The number of aromatic nitrogens is 12. The van der Waals surface area contributed by atoms with E-state index >= 15 is 17.6 Å². The Morgan fingerprint density at radius 2 is 1.04 bits per heavy atom. The fraction of sp³-hybridized carbons (Fsp3) is 0.250. The van der Waals surface area contributed by atoms with Gasteiger partial charge in [-0.2, -0.15) is 17.6 Å². The van der Waals surface area contributed by atoms with Gasteiger partial charge in [0.2, 0.25) is 11.8 Å². The van der Waals surface area contributed by atoms with Crippen LogP contribution in [-0.2, 0) is 45.8 Å². The van der Waals surface area contributed by atoms with Crippen LogP contribution in [0.15, 0.2) is 128 Å². The van der Waals surface area contributed by atoms with Gasteiger partial charge in [0, 0.05) is 65.5 Å². The lowest BCUT2D eigenvalue weighted by Crippen LogP contribution is -2.48. The van der Waals surface area contributed by atoms with E-state index < -0.39 is 81.9 Å². The molecule has 0 aliphatic rings. The van der Waals surface area contributed by atoms with E-state index in [1.54, 1.807) is 13.0 Å². The molecule has 0 saturated carbocycles. The molecule has 79 heavy (non-hydrogen) atoms. The number of hydrogen-bond donors (Lipinski definition) is 4. The molecular formula is C48H51ClF8N14O8. The molecule has 8 rings (SSSR count). The molecule has 2 aromatic carbocycles. The zero-order valence-electron chi connectivity index (χ0n) is 40.0. The van der Waals surface area contributed by atoms with Crippen LogP contribution in [0.3, 0.4) is 0 Å². The van der Waals surface area contributed by atoms with Crippen LogP contribution in [0.2, 0.25) is 0 Å². The number of pyridine rings is 4. The van der Waals surface area contributed by atoms with E-state index in [0.717, 1.165) is 76.9 Å². The normalized spacial score (nSPS) is 12.3. The van der Waals surface area contributed by atoms with Crippen molar-refractivity contribution in [2.24, 2.45) is 11.1 Å². The second-order valence-electron chi connectivity index (χ2n) is 15.0. The molecule has 6 aromatic heterocycles. The van der Waals surface area contributed by atoms with Gasteiger partial charge in [-0.25, -0.2) is 42.8 Å². The fourth-order valence-corrected chi connectivity index (χ4v) is 6.41. The number of halogens is 9. The summed E-state index contributed by atoms with van der Waals surface area (Å²) in [4.78, 5) is 34.4. The highest BCUT2D eigenvalue weighted by molar-refractivity contribution is 5.85. The average Bonchev–Trinajstić information content (AvgIpc) is 4.15. The van der Waals surface area contributed by atoms with E-state index in [-0.39, 0.29) is 57.1 Å². The number of carbonyl (C=O) groups is 1. The van der Waals surface area contributed by atoms with E-state index in [2.05, 4.69) is 71.7 Å². The third kappa shape index (κ3) is 16.7. The summed E-state index contributed by atoms with van der Waals surface area (Å²) >= 11 is 0. The maximum atomic E-state index is 15.7. The van der Waals surface area contributed by atoms with Crippen molar-refractivity contribution < 1.29 is 74.4 Å². The summed E-state index contributed by atoms with van der Waals surface area (Å²) in [6.45, 7) is 0.000607. The first kappa shape index (κ1) is 66.6. The highest BCUT2D eigenvalue weighted by Gasteiger charge is 2.59. The Bertz CT molecular complexity index is 3090. The molecule has 0 bridgehead atoms. The first-order valence-corrected chi connectivity index (χ1v) is 21.4. The third-order valence-corrected chi connectivity index (χ3v) is 9.88. The van der Waals surface area contributed by atoms with Gasteiger partial charge in [0.1, 0.15) is 65.9 Å². The lowest BCUT2D eigenvalue weighted by molar-refractivity contribution is -0.207. The Labute approximate surface area is 450 Å². The van der Waals surface area contributed by atoms with E-state index in [1.165, 1.54) is 57.1 Å². The summed E-state index contributed by atoms with van der Waals surface area (Å²) in [6.07, 6.45) is 8.59. The molecule has 0 saturated heterocycles. The van der Waals surface area contributed by atoms with Gasteiger partial charge in [-0.05, 0) is 88.4 Å². The standard InChI is InChI=1S/C22H17F4N7O3.C21H14F4N6O3.C2H6O.CH5NO.2CH4.ClH/c1-35-30-10-14-2-7-20(28-9-14)36-16-4-6-19(27-11-16)22(25,26)21(34,12-33-13-29-31-32-33)17-5-3-15(23)8-18(17)24;22-14-2-4-16(17(23)7-14)20(33,11-31-12-28-29-30-31)21(24,25)18-5-3-15(9-26-18)34-19-6-1-13(10-32)8-27-19;1-2-3;1-3-2;;;/h2-11,13,34H,12H2,1H3;1-10,12,33H,11H2;3H,2H2,1H3;2H2,1H3;2*1H4;1H/b30-10+;;;;;;. The topological polar surface area (TPSA) is 292 Å². The molecule has 0 aliphatic carbocycles. The number of tetrazole rings is 2. The van der Waals surface area contributed by atoms with Gasteiger partial charge in [-0.3, -0.25) is 14.8 Å². The first-order chi connectivity index (χ1) is 36.3. The van der Waals surface area contributed by atoms with Crippen LogP contribution in [-0.4, -0.2) is 109 Å². The van der Waals surface area contributed by atoms with E-state index in [0.29, 0.717) is 29.5 Å². The Hall–Kier alpha value is -8.55. The summed E-state index contributed by atoms with van der Waals surface area (Å²) in [7, 11) is 2.80. The summed E-state index contributed by atoms with van der Waals surface area (Å²) in [6, 6.07) is 13.8. The van der Waals surface area contributed by atoms with Gasteiger partial charge in [-0.1, -0.05) is 20.0 Å². The molecule has 424 valence electrons. The maximum absolute atomic E-state index is 15.7. The number of nitrogens with two attached hydrogens (primary N) is 1. The molecule has 0 aliphatic heterocycles. The Kier molecular flexibility index (Phi) is 25.6. The van der Waals surface area contributed by atoms with E-state index in [1.807, 2.05) is 0 Å². The molecule has 0 spiro atoms. The number of benzene rings is 2. The molecule has 0 amide bonds. The summed E-state index contributed by atoms with van der Waals surface area (Å²) < 4.78 is 131. The number of aldehydes is 1. The molecule has 6 heterocycles. The largest absolute Gasteiger partial charge is 0.437 e. The van der Waals surface area contributed by atoms with Crippen LogP contribution in [0.1, 0.15) is 60.2 Å². The van der Waals surface area contributed by atoms with Crippen molar-refractivity contribution in [3.05, 3.63) is 179 Å². The summed E-state index contributed by atoms with van der Waals surface area (Å²) in [5, 5.41) is 53.7. The Morgan fingerprint density at radius 1 is 0.633 bits per heavy atom. The second-order valence-corrected chi connectivity index (χ2v) is 15.0. The molecule has 5 N–H and O–H groups in total. The van der Waals surface area contributed by atoms with Crippen molar-refractivity contribution in [1.82, 2.24) is 60.4 Å². The predicted octanol–water partition coefficient (Wildman–Crippen LogP) is 7.42. The fourth-order valence-electron chi connectivity index (χ4n) is 6.41. The van der Waals surface area contributed by atoms with Gasteiger partial charge >= 0.3 is 11.8 Å². The molecule has 22 nitrogen and oxygen atoms in total. The second kappa shape index (κ2) is 30.4. The van der Waals surface area contributed by atoms with Crippen LogP contribution in [0.25, 0.3) is 0 Å². The average molecular weight is 1140 g/mol. The molecule has 2 unspecified atom stereocenters. The van der Waals surface area contributed by atoms with E-state index in [4.69, 9.17) is 14.6 Å².